The molecule has 0 saturated heterocycles. The minimum atomic E-state index is 0.307. The second-order valence-electron chi connectivity index (χ2n) is 6.26. The minimum Gasteiger partial charge on any atom is -0.271 e. The Morgan fingerprint density at radius 3 is 2.26 bits per heavy atom. The summed E-state index contributed by atoms with van der Waals surface area (Å²) in [5.74, 6) is 6.75. The smallest absolute Gasteiger partial charge is 0.0465 e. The molecule has 1 aromatic carbocycles. The molecule has 3 N–H and O–H groups in total. The van der Waals surface area contributed by atoms with Gasteiger partial charge >= 0.3 is 0 Å². The SMILES string of the molecule is Cc1cc(C)c(C(CCC2CCCC2)NN)c(C)c1. The number of hydrazine groups is 1. The minimum absolute atomic E-state index is 0.307. The summed E-state index contributed by atoms with van der Waals surface area (Å²) in [4.78, 5) is 0. The van der Waals surface area contributed by atoms with Gasteiger partial charge in [-0.3, -0.25) is 11.3 Å². The van der Waals surface area contributed by atoms with E-state index >= 15 is 0 Å². The molecule has 1 unspecified atom stereocenters. The van der Waals surface area contributed by atoms with E-state index in [2.05, 4.69) is 38.3 Å². The highest BCUT2D eigenvalue weighted by molar-refractivity contribution is 5.39. The highest BCUT2D eigenvalue weighted by Crippen LogP contribution is 2.33. The Labute approximate surface area is 117 Å². The molecule has 19 heavy (non-hydrogen) atoms. The average Bonchev–Trinajstić information content (AvgIpc) is 2.85. The molecular weight excluding hydrogens is 232 g/mol. The third-order valence-corrected chi connectivity index (χ3v) is 4.63. The molecule has 0 heterocycles. The van der Waals surface area contributed by atoms with Crippen LogP contribution in [0.25, 0.3) is 0 Å². The molecule has 2 rings (SSSR count). The van der Waals surface area contributed by atoms with Gasteiger partial charge in [0.1, 0.15) is 0 Å². The molecule has 1 atom stereocenters. The molecule has 0 spiro atoms. The van der Waals surface area contributed by atoms with E-state index in [0.717, 1.165) is 12.3 Å². The van der Waals surface area contributed by atoms with Gasteiger partial charge in [-0.1, -0.05) is 43.4 Å². The fourth-order valence-electron chi connectivity index (χ4n) is 3.75. The molecule has 1 fully saturated rings. The van der Waals surface area contributed by atoms with Gasteiger partial charge in [-0.2, -0.15) is 0 Å². The Hall–Kier alpha value is -0.860. The summed E-state index contributed by atoms with van der Waals surface area (Å²) in [7, 11) is 0. The lowest BCUT2D eigenvalue weighted by molar-refractivity contribution is 0.414. The van der Waals surface area contributed by atoms with Crippen molar-refractivity contribution in [1.82, 2.24) is 5.43 Å². The van der Waals surface area contributed by atoms with Crippen LogP contribution in [0.5, 0.6) is 0 Å². The second-order valence-corrected chi connectivity index (χ2v) is 6.26. The Morgan fingerprint density at radius 2 is 1.74 bits per heavy atom. The van der Waals surface area contributed by atoms with Crippen LogP contribution in [0.3, 0.4) is 0 Å². The van der Waals surface area contributed by atoms with Crippen LogP contribution in [0, 0.1) is 26.7 Å². The second kappa shape index (κ2) is 6.53. The van der Waals surface area contributed by atoms with Gasteiger partial charge in [0.2, 0.25) is 0 Å². The number of benzene rings is 1. The van der Waals surface area contributed by atoms with Crippen LogP contribution in [-0.4, -0.2) is 0 Å². The number of hydrogen-bond acceptors (Lipinski definition) is 2. The summed E-state index contributed by atoms with van der Waals surface area (Å²) in [5, 5.41) is 0. The fraction of sp³-hybridized carbons (Fsp3) is 0.647. The van der Waals surface area contributed by atoms with Crippen molar-refractivity contribution < 1.29 is 0 Å². The average molecular weight is 260 g/mol. The van der Waals surface area contributed by atoms with E-state index < -0.39 is 0 Å². The molecule has 0 aliphatic heterocycles. The van der Waals surface area contributed by atoms with Crippen LogP contribution in [-0.2, 0) is 0 Å². The van der Waals surface area contributed by atoms with E-state index in [-0.39, 0.29) is 0 Å². The third kappa shape index (κ3) is 3.58. The largest absolute Gasteiger partial charge is 0.271 e. The zero-order valence-electron chi connectivity index (χ0n) is 12.6. The van der Waals surface area contributed by atoms with E-state index in [1.165, 1.54) is 54.4 Å². The van der Waals surface area contributed by atoms with Gasteiger partial charge in [-0.15, -0.1) is 0 Å². The van der Waals surface area contributed by atoms with Gasteiger partial charge in [0.25, 0.3) is 0 Å². The summed E-state index contributed by atoms with van der Waals surface area (Å²) in [6.07, 6.45) is 8.15. The Balaban J connectivity index is 2.08. The zero-order chi connectivity index (χ0) is 13.8. The van der Waals surface area contributed by atoms with Crippen LogP contribution in [0.15, 0.2) is 12.1 Å². The molecule has 106 valence electrons. The van der Waals surface area contributed by atoms with Gasteiger partial charge in [-0.25, -0.2) is 0 Å². The molecule has 0 amide bonds. The molecule has 1 aromatic rings. The first kappa shape index (κ1) is 14.5. The van der Waals surface area contributed by atoms with Crippen molar-refractivity contribution in [2.45, 2.75) is 65.3 Å². The van der Waals surface area contributed by atoms with Gasteiger partial charge in [0.15, 0.2) is 0 Å². The summed E-state index contributed by atoms with van der Waals surface area (Å²) in [5.41, 5.74) is 8.53. The lowest BCUT2D eigenvalue weighted by Crippen LogP contribution is -2.29. The summed E-state index contributed by atoms with van der Waals surface area (Å²) < 4.78 is 0. The number of aryl methyl sites for hydroxylation is 3. The number of nitrogens with one attached hydrogen (secondary N) is 1. The summed E-state index contributed by atoms with van der Waals surface area (Å²) in [6.45, 7) is 6.57. The van der Waals surface area contributed by atoms with Crippen LogP contribution in [0.4, 0.5) is 0 Å². The maximum atomic E-state index is 5.82. The Bertz CT molecular complexity index is 396. The van der Waals surface area contributed by atoms with Crippen molar-refractivity contribution in [3.8, 4) is 0 Å². The number of nitrogens with two attached hydrogens (primary N) is 1. The molecule has 0 aromatic heterocycles. The van der Waals surface area contributed by atoms with Gasteiger partial charge in [0.05, 0.1) is 0 Å². The number of hydrogen-bond donors (Lipinski definition) is 2. The summed E-state index contributed by atoms with van der Waals surface area (Å²) >= 11 is 0. The van der Waals surface area contributed by atoms with Crippen molar-refractivity contribution in [1.29, 1.82) is 0 Å². The molecular formula is C17H28N2. The molecule has 0 radical (unpaired) electrons. The Kier molecular flexibility index (Phi) is 5.00. The Morgan fingerprint density at radius 1 is 1.16 bits per heavy atom. The van der Waals surface area contributed by atoms with Gasteiger partial charge in [-0.05, 0) is 56.2 Å². The third-order valence-electron chi connectivity index (χ3n) is 4.63. The van der Waals surface area contributed by atoms with E-state index in [4.69, 9.17) is 5.84 Å². The molecule has 0 bridgehead atoms. The van der Waals surface area contributed by atoms with E-state index in [1.807, 2.05) is 0 Å². The van der Waals surface area contributed by atoms with Crippen molar-refractivity contribution >= 4 is 0 Å². The van der Waals surface area contributed by atoms with Gasteiger partial charge < -0.3 is 0 Å². The van der Waals surface area contributed by atoms with Crippen LogP contribution >= 0.6 is 0 Å². The predicted octanol–water partition coefficient (Wildman–Crippen LogP) is 4.09. The predicted molar refractivity (Wildman–Crippen MR) is 81.9 cm³/mol. The molecule has 1 saturated carbocycles. The first-order valence-electron chi connectivity index (χ1n) is 7.65. The quantitative estimate of drug-likeness (QED) is 0.618. The molecule has 2 nitrogen and oxygen atoms in total. The zero-order valence-corrected chi connectivity index (χ0v) is 12.6. The van der Waals surface area contributed by atoms with Crippen molar-refractivity contribution in [3.05, 3.63) is 34.4 Å². The van der Waals surface area contributed by atoms with Crippen LogP contribution < -0.4 is 11.3 Å². The summed E-state index contributed by atoms with van der Waals surface area (Å²) in [6, 6.07) is 4.84. The maximum Gasteiger partial charge on any atom is 0.0465 e. The van der Waals surface area contributed by atoms with Gasteiger partial charge in [0, 0.05) is 6.04 Å². The highest BCUT2D eigenvalue weighted by Gasteiger charge is 2.19. The first-order chi connectivity index (χ1) is 9.11. The first-order valence-corrected chi connectivity index (χ1v) is 7.65. The normalized spacial score (nSPS) is 17.9. The van der Waals surface area contributed by atoms with Crippen molar-refractivity contribution in [2.75, 3.05) is 0 Å². The van der Waals surface area contributed by atoms with E-state index in [9.17, 15) is 0 Å². The fourth-order valence-corrected chi connectivity index (χ4v) is 3.75. The lowest BCUT2D eigenvalue weighted by atomic mass is 9.89. The molecule has 1 aliphatic rings. The standard InChI is InChI=1S/C17H28N2/c1-12-10-13(2)17(14(3)11-12)16(19-18)9-8-15-6-4-5-7-15/h10-11,15-16,19H,4-9,18H2,1-3H3. The number of rotatable bonds is 5. The van der Waals surface area contributed by atoms with Crippen LogP contribution in [0.2, 0.25) is 0 Å². The van der Waals surface area contributed by atoms with E-state index in [0.29, 0.717) is 6.04 Å². The van der Waals surface area contributed by atoms with Crippen molar-refractivity contribution in [3.63, 3.8) is 0 Å². The lowest BCUT2D eigenvalue weighted by Gasteiger charge is -2.23. The monoisotopic (exact) mass is 260 g/mol. The molecule has 2 heteroatoms. The van der Waals surface area contributed by atoms with Crippen molar-refractivity contribution in [2.24, 2.45) is 11.8 Å². The topological polar surface area (TPSA) is 38.0 Å². The molecule has 1 aliphatic carbocycles. The van der Waals surface area contributed by atoms with Crippen LogP contribution in [0.1, 0.15) is 66.8 Å². The van der Waals surface area contributed by atoms with E-state index in [1.54, 1.807) is 0 Å². The highest BCUT2D eigenvalue weighted by atomic mass is 15.2. The maximum absolute atomic E-state index is 5.82.